The molecular formula is C21H18FN3O5S. The zero-order chi connectivity index (χ0) is 22.3. The SMILES string of the molecule is O=C(COc1ccc(F)cc1)NNC(=O)c1ccc(NS(=O)(=O)c2ccccc2)cc1. The zero-order valence-electron chi connectivity index (χ0n) is 16.0. The predicted molar refractivity (Wildman–Crippen MR) is 111 cm³/mol. The number of benzene rings is 3. The van der Waals surface area contributed by atoms with E-state index in [0.29, 0.717) is 5.75 Å². The second-order valence-corrected chi connectivity index (χ2v) is 7.92. The van der Waals surface area contributed by atoms with Crippen molar-refractivity contribution in [3.63, 3.8) is 0 Å². The number of hydrazine groups is 1. The van der Waals surface area contributed by atoms with Crippen molar-refractivity contribution < 1.29 is 27.1 Å². The number of carbonyl (C=O) groups is 2. The number of rotatable bonds is 7. The van der Waals surface area contributed by atoms with Crippen LogP contribution in [0.5, 0.6) is 5.75 Å². The fourth-order valence-electron chi connectivity index (χ4n) is 2.42. The average molecular weight is 443 g/mol. The second kappa shape index (κ2) is 9.72. The molecule has 0 aliphatic carbocycles. The molecule has 0 atom stereocenters. The summed E-state index contributed by atoms with van der Waals surface area (Å²) in [4.78, 5) is 24.0. The lowest BCUT2D eigenvalue weighted by Crippen LogP contribution is -2.43. The van der Waals surface area contributed by atoms with Crippen LogP contribution in [0.4, 0.5) is 10.1 Å². The smallest absolute Gasteiger partial charge is 0.276 e. The van der Waals surface area contributed by atoms with Gasteiger partial charge in [0, 0.05) is 11.3 Å². The van der Waals surface area contributed by atoms with Gasteiger partial charge >= 0.3 is 0 Å². The topological polar surface area (TPSA) is 114 Å². The van der Waals surface area contributed by atoms with Crippen molar-refractivity contribution in [1.29, 1.82) is 0 Å². The molecule has 10 heteroatoms. The van der Waals surface area contributed by atoms with Gasteiger partial charge in [0.2, 0.25) is 0 Å². The Kier molecular flexibility index (Phi) is 6.83. The minimum atomic E-state index is -3.74. The van der Waals surface area contributed by atoms with Gasteiger partial charge in [0.1, 0.15) is 11.6 Å². The van der Waals surface area contributed by atoms with E-state index in [1.54, 1.807) is 18.2 Å². The van der Waals surface area contributed by atoms with Crippen molar-refractivity contribution in [3.05, 3.63) is 90.2 Å². The summed E-state index contributed by atoms with van der Waals surface area (Å²) in [5.74, 6) is -1.35. The van der Waals surface area contributed by atoms with Crippen LogP contribution in [0.2, 0.25) is 0 Å². The van der Waals surface area contributed by atoms with Crippen LogP contribution in [-0.4, -0.2) is 26.8 Å². The first kappa shape index (κ1) is 21.8. The maximum Gasteiger partial charge on any atom is 0.276 e. The van der Waals surface area contributed by atoms with E-state index in [1.165, 1.54) is 60.7 Å². The lowest BCUT2D eigenvalue weighted by Gasteiger charge is -2.10. The van der Waals surface area contributed by atoms with E-state index < -0.39 is 27.7 Å². The third-order valence-corrected chi connectivity index (χ3v) is 5.35. The van der Waals surface area contributed by atoms with Gasteiger partial charge in [-0.25, -0.2) is 12.8 Å². The molecule has 0 fully saturated rings. The highest BCUT2D eigenvalue weighted by atomic mass is 32.2. The molecule has 0 heterocycles. The van der Waals surface area contributed by atoms with Crippen LogP contribution in [0.1, 0.15) is 10.4 Å². The molecule has 0 aliphatic heterocycles. The monoisotopic (exact) mass is 443 g/mol. The maximum absolute atomic E-state index is 12.8. The number of anilines is 1. The number of carbonyl (C=O) groups excluding carboxylic acids is 2. The Morgan fingerprint density at radius 3 is 2.13 bits per heavy atom. The van der Waals surface area contributed by atoms with Gasteiger partial charge in [-0.05, 0) is 60.7 Å². The van der Waals surface area contributed by atoms with E-state index in [-0.39, 0.29) is 22.8 Å². The fourth-order valence-corrected chi connectivity index (χ4v) is 3.50. The summed E-state index contributed by atoms with van der Waals surface area (Å²) in [5.41, 5.74) is 4.88. The number of hydrogen-bond acceptors (Lipinski definition) is 5. The van der Waals surface area contributed by atoms with Crippen molar-refractivity contribution in [3.8, 4) is 5.75 Å². The van der Waals surface area contributed by atoms with Crippen molar-refractivity contribution >= 4 is 27.5 Å². The van der Waals surface area contributed by atoms with Gasteiger partial charge in [-0.15, -0.1) is 0 Å². The highest BCUT2D eigenvalue weighted by Crippen LogP contribution is 2.16. The van der Waals surface area contributed by atoms with E-state index in [4.69, 9.17) is 4.74 Å². The largest absolute Gasteiger partial charge is 0.484 e. The van der Waals surface area contributed by atoms with Crippen LogP contribution in [-0.2, 0) is 14.8 Å². The molecule has 160 valence electrons. The number of halogens is 1. The molecule has 0 saturated carbocycles. The second-order valence-electron chi connectivity index (χ2n) is 6.24. The normalized spacial score (nSPS) is 10.7. The average Bonchev–Trinajstić information content (AvgIpc) is 2.78. The van der Waals surface area contributed by atoms with Crippen molar-refractivity contribution in [2.75, 3.05) is 11.3 Å². The number of hydrogen-bond donors (Lipinski definition) is 3. The highest BCUT2D eigenvalue weighted by Gasteiger charge is 2.14. The van der Waals surface area contributed by atoms with Crippen molar-refractivity contribution in [2.24, 2.45) is 0 Å². The molecule has 0 aliphatic rings. The van der Waals surface area contributed by atoms with Crippen LogP contribution < -0.4 is 20.3 Å². The van der Waals surface area contributed by atoms with Crippen molar-refractivity contribution in [2.45, 2.75) is 4.90 Å². The van der Waals surface area contributed by atoms with Crippen LogP contribution >= 0.6 is 0 Å². The first-order valence-electron chi connectivity index (χ1n) is 8.99. The van der Waals surface area contributed by atoms with Crippen LogP contribution in [0, 0.1) is 5.82 Å². The first-order chi connectivity index (χ1) is 14.8. The Labute approximate surface area is 178 Å². The third-order valence-electron chi connectivity index (χ3n) is 3.95. The van der Waals surface area contributed by atoms with Gasteiger partial charge in [-0.1, -0.05) is 18.2 Å². The predicted octanol–water partition coefficient (Wildman–Crippen LogP) is 2.47. The van der Waals surface area contributed by atoms with Gasteiger partial charge in [0.25, 0.3) is 21.8 Å². The van der Waals surface area contributed by atoms with E-state index in [1.807, 2.05) is 0 Å². The van der Waals surface area contributed by atoms with Crippen LogP contribution in [0.25, 0.3) is 0 Å². The summed E-state index contributed by atoms with van der Waals surface area (Å²) in [6.07, 6.45) is 0. The number of sulfonamides is 1. The quantitative estimate of drug-likeness (QED) is 0.486. The summed E-state index contributed by atoms with van der Waals surface area (Å²) in [6, 6.07) is 18.6. The number of ether oxygens (including phenoxy) is 1. The van der Waals surface area contributed by atoms with Gasteiger partial charge in [0.15, 0.2) is 6.61 Å². The number of nitrogens with one attached hydrogen (secondary N) is 3. The number of amides is 2. The molecule has 31 heavy (non-hydrogen) atoms. The Bertz CT molecular complexity index is 1150. The van der Waals surface area contributed by atoms with E-state index in [9.17, 15) is 22.4 Å². The lowest BCUT2D eigenvalue weighted by atomic mass is 10.2. The van der Waals surface area contributed by atoms with Gasteiger partial charge in [-0.2, -0.15) is 0 Å². The lowest BCUT2D eigenvalue weighted by molar-refractivity contribution is -0.123. The van der Waals surface area contributed by atoms with Gasteiger partial charge < -0.3 is 4.74 Å². The molecule has 8 nitrogen and oxygen atoms in total. The van der Waals surface area contributed by atoms with Crippen LogP contribution in [0.3, 0.4) is 0 Å². The summed E-state index contributed by atoms with van der Waals surface area (Å²) in [6.45, 7) is -0.383. The fraction of sp³-hybridized carbons (Fsp3) is 0.0476. The maximum atomic E-state index is 12.8. The van der Waals surface area contributed by atoms with Gasteiger partial charge in [-0.3, -0.25) is 25.2 Å². The molecule has 0 spiro atoms. The Morgan fingerprint density at radius 2 is 1.48 bits per heavy atom. The van der Waals surface area contributed by atoms with E-state index in [0.717, 1.165) is 0 Å². The van der Waals surface area contributed by atoms with Gasteiger partial charge in [0.05, 0.1) is 4.90 Å². The molecule has 3 aromatic carbocycles. The molecule has 0 aromatic heterocycles. The summed E-state index contributed by atoms with van der Waals surface area (Å²) >= 11 is 0. The minimum Gasteiger partial charge on any atom is -0.484 e. The van der Waals surface area contributed by atoms with E-state index in [2.05, 4.69) is 15.6 Å². The minimum absolute atomic E-state index is 0.113. The Balaban J connectivity index is 1.49. The summed E-state index contributed by atoms with van der Waals surface area (Å²) < 4.78 is 45.0. The van der Waals surface area contributed by atoms with E-state index >= 15 is 0 Å². The summed E-state index contributed by atoms with van der Waals surface area (Å²) in [5, 5.41) is 0. The molecule has 3 N–H and O–H groups in total. The van der Waals surface area contributed by atoms with Crippen molar-refractivity contribution in [1.82, 2.24) is 10.9 Å². The first-order valence-corrected chi connectivity index (χ1v) is 10.5. The molecular weight excluding hydrogens is 425 g/mol. The Morgan fingerprint density at radius 1 is 0.839 bits per heavy atom. The molecule has 0 radical (unpaired) electrons. The molecule has 0 unspecified atom stereocenters. The molecule has 0 saturated heterocycles. The Hall–Kier alpha value is -3.92. The molecule has 2 amide bonds. The highest BCUT2D eigenvalue weighted by molar-refractivity contribution is 7.92. The molecule has 3 aromatic rings. The standard InChI is InChI=1S/C21H18FN3O5S/c22-16-8-12-18(13-9-16)30-14-20(26)23-24-21(27)15-6-10-17(11-7-15)25-31(28,29)19-4-2-1-3-5-19/h1-13,25H,14H2,(H,23,26)(H,24,27). The molecule has 0 bridgehead atoms. The van der Waals surface area contributed by atoms with Crippen LogP contribution in [0.15, 0.2) is 83.8 Å². The molecule has 3 rings (SSSR count). The summed E-state index contributed by atoms with van der Waals surface area (Å²) in [7, 11) is -3.74. The third kappa shape index (κ3) is 6.28. The zero-order valence-corrected chi connectivity index (χ0v) is 16.9.